The molecule has 0 heterocycles. The molecule has 1 atom stereocenters. The average molecular weight is 367 g/mol. The maximum atomic E-state index is 11.5. The van der Waals surface area contributed by atoms with Crippen molar-refractivity contribution in [2.45, 2.75) is 63.2 Å². The van der Waals surface area contributed by atoms with Crippen LogP contribution in [0.4, 0.5) is 0 Å². The lowest BCUT2D eigenvalue weighted by molar-refractivity contribution is 0.332. The van der Waals surface area contributed by atoms with Gasteiger partial charge in [0.2, 0.25) is 0 Å². The molecule has 0 saturated carbocycles. The molecule has 0 saturated heterocycles. The largest absolute Gasteiger partial charge is 0.612 e. The van der Waals surface area contributed by atoms with Crippen molar-refractivity contribution in [3.63, 3.8) is 0 Å². The van der Waals surface area contributed by atoms with Crippen molar-refractivity contribution >= 4 is 22.8 Å². The molecule has 0 aromatic heterocycles. The van der Waals surface area contributed by atoms with E-state index >= 15 is 0 Å². The van der Waals surface area contributed by atoms with E-state index in [-0.39, 0.29) is 10.8 Å². The molecule has 0 bridgehead atoms. The summed E-state index contributed by atoms with van der Waals surface area (Å²) in [5.41, 5.74) is 7.18. The molecule has 0 amide bonds. The second-order valence-corrected chi connectivity index (χ2v) is 10.3. The predicted octanol–water partition coefficient (Wildman–Crippen LogP) is 6.33. The summed E-state index contributed by atoms with van der Waals surface area (Å²) >= 11 is -0.924. The molecule has 1 aliphatic rings. The highest BCUT2D eigenvalue weighted by molar-refractivity contribution is 7.90. The van der Waals surface area contributed by atoms with Crippen molar-refractivity contribution in [1.29, 1.82) is 0 Å². The first kappa shape index (κ1) is 19.3. The van der Waals surface area contributed by atoms with Crippen molar-refractivity contribution in [2.75, 3.05) is 6.26 Å². The van der Waals surface area contributed by atoms with Gasteiger partial charge < -0.3 is 4.55 Å². The van der Waals surface area contributed by atoms with E-state index < -0.39 is 11.2 Å². The number of rotatable bonds is 3. The van der Waals surface area contributed by atoms with Crippen LogP contribution in [0, 0.1) is 0 Å². The molecule has 138 valence electrons. The van der Waals surface area contributed by atoms with Gasteiger partial charge in [-0.05, 0) is 93.9 Å². The Kier molecular flexibility index (Phi) is 5.11. The molecule has 1 nitrogen and oxygen atoms in total. The minimum Gasteiger partial charge on any atom is -0.612 e. The van der Waals surface area contributed by atoms with Crippen molar-refractivity contribution in [2.24, 2.45) is 0 Å². The van der Waals surface area contributed by atoms with Crippen molar-refractivity contribution in [3.05, 3.63) is 64.7 Å². The van der Waals surface area contributed by atoms with Gasteiger partial charge in [0.1, 0.15) is 6.26 Å². The Bertz CT molecular complexity index is 826. The fraction of sp³-hybridized carbons (Fsp3) is 0.417. The van der Waals surface area contributed by atoms with Gasteiger partial charge in [-0.3, -0.25) is 0 Å². The lowest BCUT2D eigenvalue weighted by atomic mass is 9.63. The van der Waals surface area contributed by atoms with E-state index in [0.717, 1.165) is 10.5 Å². The van der Waals surface area contributed by atoms with Crippen LogP contribution in [-0.2, 0) is 22.0 Å². The molecular formula is C24H30OS. The topological polar surface area (TPSA) is 23.1 Å². The highest BCUT2D eigenvalue weighted by atomic mass is 32.2. The van der Waals surface area contributed by atoms with Gasteiger partial charge in [-0.2, -0.15) is 0 Å². The Morgan fingerprint density at radius 2 is 1.50 bits per heavy atom. The van der Waals surface area contributed by atoms with Crippen LogP contribution in [0.3, 0.4) is 0 Å². The number of fused-ring (bicyclic) bond motifs is 1. The standard InChI is InChI=1S/C24H30OS/c1-17(15-18-7-10-20(11-8-18)26(6)25)19-9-12-21-22(16-19)24(4,5)14-13-23(21,2)3/h7-12,15-16H,13-14H2,1-6H3/b17-15+. The summed E-state index contributed by atoms with van der Waals surface area (Å²) in [6.07, 6.45) is 6.40. The van der Waals surface area contributed by atoms with E-state index in [4.69, 9.17) is 0 Å². The molecule has 3 rings (SSSR count). The van der Waals surface area contributed by atoms with E-state index in [0.29, 0.717) is 0 Å². The van der Waals surface area contributed by atoms with Crippen molar-refractivity contribution in [3.8, 4) is 0 Å². The molecule has 1 unspecified atom stereocenters. The quantitative estimate of drug-likeness (QED) is 0.459. The van der Waals surface area contributed by atoms with Crippen LogP contribution in [0.15, 0.2) is 47.4 Å². The number of hydrogen-bond donors (Lipinski definition) is 0. The third-order valence-corrected chi connectivity index (χ3v) is 6.84. The maximum Gasteiger partial charge on any atom is 0.152 e. The molecule has 0 N–H and O–H groups in total. The Hall–Kier alpha value is -1.51. The van der Waals surface area contributed by atoms with Crippen LogP contribution in [0.25, 0.3) is 11.6 Å². The SMILES string of the molecule is C/C(=C\c1ccc([S+](C)[O-])cc1)c1ccc2c(c1)C(C)(C)CCC2(C)C. The van der Waals surface area contributed by atoms with Crippen molar-refractivity contribution < 1.29 is 4.55 Å². The molecule has 2 aromatic rings. The van der Waals surface area contributed by atoms with Gasteiger partial charge in [-0.1, -0.05) is 52.0 Å². The van der Waals surface area contributed by atoms with Crippen LogP contribution in [-0.4, -0.2) is 10.8 Å². The average Bonchev–Trinajstić information content (AvgIpc) is 2.59. The number of benzene rings is 2. The van der Waals surface area contributed by atoms with Gasteiger partial charge in [-0.15, -0.1) is 0 Å². The van der Waals surface area contributed by atoms with Gasteiger partial charge in [0, 0.05) is 0 Å². The Morgan fingerprint density at radius 1 is 0.923 bits per heavy atom. The van der Waals surface area contributed by atoms with Gasteiger partial charge in [0.25, 0.3) is 0 Å². The van der Waals surface area contributed by atoms with Crippen LogP contribution in [0.5, 0.6) is 0 Å². The summed E-state index contributed by atoms with van der Waals surface area (Å²) in [7, 11) is 0. The van der Waals surface area contributed by atoms with Gasteiger partial charge in [0.15, 0.2) is 4.90 Å². The third kappa shape index (κ3) is 3.77. The molecular weight excluding hydrogens is 336 g/mol. The minimum absolute atomic E-state index is 0.230. The zero-order chi connectivity index (χ0) is 19.1. The summed E-state index contributed by atoms with van der Waals surface area (Å²) < 4.78 is 11.5. The maximum absolute atomic E-state index is 11.5. The third-order valence-electron chi connectivity index (χ3n) is 5.90. The summed E-state index contributed by atoms with van der Waals surface area (Å²) in [6, 6.07) is 15.0. The Labute approximate surface area is 161 Å². The smallest absolute Gasteiger partial charge is 0.152 e. The normalized spacial score (nSPS) is 19.7. The van der Waals surface area contributed by atoms with Gasteiger partial charge in [0.05, 0.1) is 0 Å². The van der Waals surface area contributed by atoms with Gasteiger partial charge in [-0.25, -0.2) is 0 Å². The van der Waals surface area contributed by atoms with Crippen LogP contribution < -0.4 is 0 Å². The second kappa shape index (κ2) is 6.90. The molecule has 2 heteroatoms. The fourth-order valence-electron chi connectivity index (χ4n) is 3.92. The van der Waals surface area contributed by atoms with Crippen LogP contribution in [0.2, 0.25) is 0 Å². The number of hydrogen-bond acceptors (Lipinski definition) is 1. The summed E-state index contributed by atoms with van der Waals surface area (Å²) in [6.45, 7) is 11.6. The molecule has 26 heavy (non-hydrogen) atoms. The van der Waals surface area contributed by atoms with E-state index in [1.54, 1.807) is 6.26 Å². The first-order chi connectivity index (χ1) is 12.1. The Morgan fingerprint density at radius 3 is 2.08 bits per heavy atom. The molecule has 1 aliphatic carbocycles. The van der Waals surface area contributed by atoms with E-state index in [1.165, 1.54) is 35.1 Å². The number of allylic oxidation sites excluding steroid dienone is 1. The highest BCUT2D eigenvalue weighted by Crippen LogP contribution is 2.46. The predicted molar refractivity (Wildman–Crippen MR) is 114 cm³/mol. The fourth-order valence-corrected chi connectivity index (χ4v) is 4.44. The first-order valence-electron chi connectivity index (χ1n) is 9.37. The molecule has 0 fully saturated rings. The molecule has 0 spiro atoms. The first-order valence-corrected chi connectivity index (χ1v) is 10.9. The summed E-state index contributed by atoms with van der Waals surface area (Å²) in [5.74, 6) is 0. The van der Waals surface area contributed by atoms with E-state index in [9.17, 15) is 4.55 Å². The van der Waals surface area contributed by atoms with Crippen LogP contribution in [0.1, 0.15) is 69.7 Å². The van der Waals surface area contributed by atoms with Gasteiger partial charge >= 0.3 is 0 Å². The molecule has 2 aromatic carbocycles. The Balaban J connectivity index is 1.97. The molecule has 0 aliphatic heterocycles. The van der Waals surface area contributed by atoms with Crippen molar-refractivity contribution in [1.82, 2.24) is 0 Å². The van der Waals surface area contributed by atoms with Crippen LogP contribution >= 0.6 is 0 Å². The lowest BCUT2D eigenvalue weighted by Gasteiger charge is -2.42. The highest BCUT2D eigenvalue weighted by Gasteiger charge is 2.36. The second-order valence-electron chi connectivity index (χ2n) is 8.88. The monoisotopic (exact) mass is 366 g/mol. The van der Waals surface area contributed by atoms with E-state index in [1.807, 2.05) is 24.3 Å². The summed E-state index contributed by atoms with van der Waals surface area (Å²) in [5, 5.41) is 0. The summed E-state index contributed by atoms with van der Waals surface area (Å²) in [4.78, 5) is 0.873. The minimum atomic E-state index is -0.924. The van der Waals surface area contributed by atoms with E-state index in [2.05, 4.69) is 58.9 Å². The molecule has 0 radical (unpaired) electrons. The zero-order valence-electron chi connectivity index (χ0n) is 16.8. The zero-order valence-corrected chi connectivity index (χ0v) is 17.7. The lowest BCUT2D eigenvalue weighted by Crippen LogP contribution is -2.33.